The number of amides is 1. The number of fused-ring (bicyclic) bond motifs is 1. The number of nitrogens with zero attached hydrogens (tertiary/aromatic N) is 1. The summed E-state index contributed by atoms with van der Waals surface area (Å²) < 4.78 is 11.1. The molecule has 0 bridgehead atoms. The van der Waals surface area contributed by atoms with Crippen LogP contribution in [0.15, 0.2) is 54.6 Å². The SMILES string of the molecule is C1CCC1.CCOC(=O)[C@H]1CCCC(=O)C1NC(=O)c1ccc(OCc2cc(C)nc3ccccc23)cc1. The molecule has 200 valence electrons. The lowest BCUT2D eigenvalue weighted by atomic mass is 9.83. The lowest BCUT2D eigenvalue weighted by Gasteiger charge is -2.29. The number of nitrogens with one attached hydrogen (secondary N) is 1. The second kappa shape index (κ2) is 13.2. The summed E-state index contributed by atoms with van der Waals surface area (Å²) in [6, 6.07) is 15.8. The smallest absolute Gasteiger partial charge is 0.311 e. The fourth-order valence-electron chi connectivity index (χ4n) is 4.58. The highest BCUT2D eigenvalue weighted by atomic mass is 16.5. The summed E-state index contributed by atoms with van der Waals surface area (Å²) in [5.41, 5.74) is 3.26. The van der Waals surface area contributed by atoms with Crippen LogP contribution < -0.4 is 10.1 Å². The molecule has 2 aliphatic carbocycles. The van der Waals surface area contributed by atoms with Gasteiger partial charge in [-0.1, -0.05) is 43.9 Å². The van der Waals surface area contributed by atoms with Gasteiger partial charge in [-0.15, -0.1) is 0 Å². The van der Waals surface area contributed by atoms with E-state index in [0.29, 0.717) is 37.2 Å². The maximum absolute atomic E-state index is 12.8. The summed E-state index contributed by atoms with van der Waals surface area (Å²) in [7, 11) is 0. The van der Waals surface area contributed by atoms with Crippen LogP contribution in [0.4, 0.5) is 0 Å². The molecule has 1 N–H and O–H groups in total. The minimum atomic E-state index is -0.862. The number of ketones is 1. The van der Waals surface area contributed by atoms with Gasteiger partial charge >= 0.3 is 5.97 Å². The third kappa shape index (κ3) is 6.97. The molecule has 2 saturated carbocycles. The average molecular weight is 517 g/mol. The van der Waals surface area contributed by atoms with Gasteiger partial charge in [0, 0.05) is 28.6 Å². The zero-order chi connectivity index (χ0) is 26.9. The molecule has 1 amide bonds. The predicted octanol–water partition coefficient (Wildman–Crippen LogP) is 5.71. The van der Waals surface area contributed by atoms with Gasteiger partial charge in [-0.2, -0.15) is 0 Å². The Morgan fingerprint density at radius 3 is 2.39 bits per heavy atom. The quantitative estimate of drug-likeness (QED) is 0.404. The Bertz CT molecular complexity index is 1260. The van der Waals surface area contributed by atoms with Gasteiger partial charge < -0.3 is 14.8 Å². The van der Waals surface area contributed by atoms with Crippen molar-refractivity contribution in [3.63, 3.8) is 0 Å². The molecular weight excluding hydrogens is 480 g/mol. The first-order valence-corrected chi connectivity index (χ1v) is 13.5. The molecule has 0 saturated heterocycles. The molecule has 3 aromatic rings. The molecule has 1 heterocycles. The van der Waals surface area contributed by atoms with Crippen molar-refractivity contribution in [1.82, 2.24) is 10.3 Å². The Balaban J connectivity index is 0.000000768. The number of hydrogen-bond acceptors (Lipinski definition) is 6. The van der Waals surface area contributed by atoms with Crippen molar-refractivity contribution >= 4 is 28.6 Å². The molecule has 7 heteroatoms. The highest BCUT2D eigenvalue weighted by molar-refractivity contribution is 6.00. The number of ether oxygens (including phenoxy) is 2. The largest absolute Gasteiger partial charge is 0.489 e. The molecule has 7 nitrogen and oxygen atoms in total. The number of para-hydroxylation sites is 1. The Morgan fingerprint density at radius 1 is 1.00 bits per heavy atom. The van der Waals surface area contributed by atoms with Gasteiger partial charge in [0.1, 0.15) is 18.4 Å². The van der Waals surface area contributed by atoms with E-state index in [9.17, 15) is 14.4 Å². The molecule has 2 aromatic carbocycles. The summed E-state index contributed by atoms with van der Waals surface area (Å²) in [4.78, 5) is 42.0. The third-order valence-electron chi connectivity index (χ3n) is 7.00. The number of carbonyl (C=O) groups is 3. The fraction of sp³-hybridized carbons (Fsp3) is 0.419. The fourth-order valence-corrected chi connectivity index (χ4v) is 4.58. The molecule has 2 aliphatic rings. The van der Waals surface area contributed by atoms with Gasteiger partial charge in [-0.05, 0) is 63.1 Å². The maximum atomic E-state index is 12.8. The standard InChI is InChI=1S/C27H28N2O5.C4H8/c1-3-33-27(32)22-8-6-10-24(30)25(22)29-26(31)18-11-13-20(14-12-18)34-16-19-15-17(2)28-23-9-5-4-7-21(19)23;1-2-4-3-1/h4-5,7,9,11-15,22,25H,3,6,8,10,16H2,1-2H3,(H,29,31);1-4H2/t22-,25?;/m0./s1. The van der Waals surface area contributed by atoms with E-state index in [2.05, 4.69) is 10.3 Å². The van der Waals surface area contributed by atoms with Crippen molar-refractivity contribution in [2.45, 2.75) is 71.4 Å². The van der Waals surface area contributed by atoms with Gasteiger partial charge in [0.25, 0.3) is 5.91 Å². The number of benzene rings is 2. The lowest BCUT2D eigenvalue weighted by Crippen LogP contribution is -2.51. The number of carbonyl (C=O) groups excluding carboxylic acids is 3. The normalized spacial score (nSPS) is 18.5. The summed E-state index contributed by atoms with van der Waals surface area (Å²) in [5.74, 6) is -1.02. The zero-order valence-electron chi connectivity index (χ0n) is 22.2. The molecule has 0 radical (unpaired) electrons. The monoisotopic (exact) mass is 516 g/mol. The van der Waals surface area contributed by atoms with Crippen LogP contribution in [0, 0.1) is 12.8 Å². The molecule has 0 spiro atoms. The number of rotatable bonds is 7. The molecule has 38 heavy (non-hydrogen) atoms. The second-order valence-corrected chi connectivity index (χ2v) is 9.84. The highest BCUT2D eigenvalue weighted by Crippen LogP contribution is 2.25. The van der Waals surface area contributed by atoms with Crippen LogP contribution in [0.25, 0.3) is 10.9 Å². The first-order chi connectivity index (χ1) is 18.5. The van der Waals surface area contributed by atoms with Crippen LogP contribution in [0.5, 0.6) is 5.75 Å². The molecule has 1 unspecified atom stereocenters. The number of esters is 1. The van der Waals surface area contributed by atoms with Crippen LogP contribution in [0.2, 0.25) is 0 Å². The van der Waals surface area contributed by atoms with Crippen LogP contribution in [-0.2, 0) is 20.9 Å². The molecule has 5 rings (SSSR count). The van der Waals surface area contributed by atoms with Crippen molar-refractivity contribution in [2.75, 3.05) is 6.61 Å². The Kier molecular flexibility index (Phi) is 9.46. The first-order valence-electron chi connectivity index (χ1n) is 13.5. The Hall–Kier alpha value is -3.74. The third-order valence-corrected chi connectivity index (χ3v) is 7.00. The van der Waals surface area contributed by atoms with E-state index in [1.807, 2.05) is 37.3 Å². The molecule has 1 aromatic heterocycles. The van der Waals surface area contributed by atoms with Crippen LogP contribution in [0.3, 0.4) is 0 Å². The summed E-state index contributed by atoms with van der Waals surface area (Å²) in [6.07, 6.45) is 7.48. The number of hydrogen-bond donors (Lipinski definition) is 1. The minimum absolute atomic E-state index is 0.141. The van der Waals surface area contributed by atoms with E-state index in [4.69, 9.17) is 9.47 Å². The topological polar surface area (TPSA) is 94.6 Å². The van der Waals surface area contributed by atoms with E-state index in [-0.39, 0.29) is 12.4 Å². The highest BCUT2D eigenvalue weighted by Gasteiger charge is 2.38. The van der Waals surface area contributed by atoms with E-state index in [1.165, 1.54) is 25.7 Å². The first kappa shape index (κ1) is 27.3. The number of aryl methyl sites for hydroxylation is 1. The van der Waals surface area contributed by atoms with Crippen LogP contribution >= 0.6 is 0 Å². The predicted molar refractivity (Wildman–Crippen MR) is 146 cm³/mol. The molecular formula is C31H36N2O5. The number of aromatic nitrogens is 1. The Morgan fingerprint density at radius 2 is 1.71 bits per heavy atom. The van der Waals surface area contributed by atoms with E-state index in [1.54, 1.807) is 31.2 Å². The van der Waals surface area contributed by atoms with Crippen molar-refractivity contribution in [3.8, 4) is 5.75 Å². The van der Waals surface area contributed by atoms with Crippen LogP contribution in [-0.4, -0.2) is 35.3 Å². The maximum Gasteiger partial charge on any atom is 0.311 e. The summed E-state index contributed by atoms with van der Waals surface area (Å²) in [5, 5.41) is 3.78. The van der Waals surface area contributed by atoms with E-state index < -0.39 is 23.8 Å². The molecule has 0 aliphatic heterocycles. The van der Waals surface area contributed by atoms with Gasteiger partial charge in [0.2, 0.25) is 0 Å². The van der Waals surface area contributed by atoms with Gasteiger partial charge in [0.05, 0.1) is 18.0 Å². The Labute approximate surface area is 223 Å². The average Bonchev–Trinajstić information content (AvgIpc) is 2.87. The van der Waals surface area contributed by atoms with Gasteiger partial charge in [-0.3, -0.25) is 19.4 Å². The number of Topliss-reactive ketones (excluding diaryl/α,β-unsaturated/α-hetero) is 1. The zero-order valence-corrected chi connectivity index (χ0v) is 22.2. The molecule has 2 fully saturated rings. The van der Waals surface area contributed by atoms with Crippen molar-refractivity contribution in [1.29, 1.82) is 0 Å². The summed E-state index contributed by atoms with van der Waals surface area (Å²) >= 11 is 0. The lowest BCUT2D eigenvalue weighted by molar-refractivity contribution is -0.152. The van der Waals surface area contributed by atoms with E-state index in [0.717, 1.165) is 22.2 Å². The van der Waals surface area contributed by atoms with Crippen LogP contribution in [0.1, 0.15) is 73.5 Å². The van der Waals surface area contributed by atoms with Crippen molar-refractivity contribution < 1.29 is 23.9 Å². The van der Waals surface area contributed by atoms with E-state index >= 15 is 0 Å². The van der Waals surface area contributed by atoms with Crippen molar-refractivity contribution in [3.05, 3.63) is 71.4 Å². The second-order valence-electron chi connectivity index (χ2n) is 9.84. The minimum Gasteiger partial charge on any atom is -0.489 e. The number of pyridine rings is 1. The molecule has 2 atom stereocenters. The van der Waals surface area contributed by atoms with Gasteiger partial charge in [-0.25, -0.2) is 0 Å². The van der Waals surface area contributed by atoms with Crippen molar-refractivity contribution in [2.24, 2.45) is 5.92 Å². The van der Waals surface area contributed by atoms with Gasteiger partial charge in [0.15, 0.2) is 5.78 Å². The summed E-state index contributed by atoms with van der Waals surface area (Å²) in [6.45, 7) is 4.28.